The SMILES string of the molecule is C=CC(C)C1(O)c2c(C)ccc(C)c2CC1C. The van der Waals surface area contributed by atoms with Gasteiger partial charge < -0.3 is 5.11 Å². The van der Waals surface area contributed by atoms with Crippen molar-refractivity contribution in [1.82, 2.24) is 0 Å². The zero-order valence-electron chi connectivity index (χ0n) is 11.2. The highest BCUT2D eigenvalue weighted by atomic mass is 16.3. The van der Waals surface area contributed by atoms with Crippen LogP contribution in [0.2, 0.25) is 0 Å². The van der Waals surface area contributed by atoms with E-state index in [2.05, 4.69) is 46.4 Å². The van der Waals surface area contributed by atoms with Crippen molar-refractivity contribution in [2.75, 3.05) is 0 Å². The molecule has 0 saturated heterocycles. The number of aliphatic hydroxyl groups is 1. The van der Waals surface area contributed by atoms with E-state index in [4.69, 9.17) is 0 Å². The van der Waals surface area contributed by atoms with Crippen molar-refractivity contribution in [3.63, 3.8) is 0 Å². The van der Waals surface area contributed by atoms with Crippen LogP contribution in [0.15, 0.2) is 24.8 Å². The summed E-state index contributed by atoms with van der Waals surface area (Å²) in [6.45, 7) is 12.3. The molecule has 0 aromatic heterocycles. The lowest BCUT2D eigenvalue weighted by Crippen LogP contribution is -2.36. The maximum absolute atomic E-state index is 11.1. The third kappa shape index (κ3) is 1.56. The molecule has 2 rings (SSSR count). The molecule has 0 bridgehead atoms. The zero-order valence-corrected chi connectivity index (χ0v) is 11.2. The first-order valence-electron chi connectivity index (χ1n) is 6.37. The Morgan fingerprint density at radius 1 is 1.41 bits per heavy atom. The molecule has 1 aliphatic carbocycles. The lowest BCUT2D eigenvalue weighted by molar-refractivity contribution is -0.0378. The van der Waals surface area contributed by atoms with E-state index in [9.17, 15) is 5.11 Å². The van der Waals surface area contributed by atoms with Crippen molar-refractivity contribution < 1.29 is 5.11 Å². The number of rotatable bonds is 2. The van der Waals surface area contributed by atoms with Crippen molar-refractivity contribution in [2.45, 2.75) is 39.7 Å². The maximum atomic E-state index is 11.1. The first-order valence-corrected chi connectivity index (χ1v) is 6.37. The number of fused-ring (bicyclic) bond motifs is 1. The topological polar surface area (TPSA) is 20.2 Å². The third-order valence-electron chi connectivity index (χ3n) is 4.47. The van der Waals surface area contributed by atoms with Gasteiger partial charge in [-0.05, 0) is 48.4 Å². The average molecular weight is 230 g/mol. The van der Waals surface area contributed by atoms with Crippen LogP contribution in [-0.4, -0.2) is 5.11 Å². The van der Waals surface area contributed by atoms with Crippen LogP contribution in [0, 0.1) is 25.7 Å². The van der Waals surface area contributed by atoms with Crippen molar-refractivity contribution in [3.05, 3.63) is 47.0 Å². The summed E-state index contributed by atoms with van der Waals surface area (Å²) in [5, 5.41) is 11.1. The van der Waals surface area contributed by atoms with Crippen LogP contribution in [0.5, 0.6) is 0 Å². The fourth-order valence-electron chi connectivity index (χ4n) is 3.25. The molecule has 3 atom stereocenters. The summed E-state index contributed by atoms with van der Waals surface area (Å²) in [5.74, 6) is 0.338. The van der Waals surface area contributed by atoms with E-state index in [0.29, 0.717) is 0 Å². The molecule has 17 heavy (non-hydrogen) atoms. The van der Waals surface area contributed by atoms with E-state index >= 15 is 0 Å². The maximum Gasteiger partial charge on any atom is 0.0989 e. The Labute approximate surface area is 104 Å². The van der Waals surface area contributed by atoms with Gasteiger partial charge >= 0.3 is 0 Å². The molecule has 0 heterocycles. The van der Waals surface area contributed by atoms with Crippen LogP contribution in [-0.2, 0) is 12.0 Å². The first-order chi connectivity index (χ1) is 7.92. The molecular formula is C16H22O. The molecule has 1 nitrogen and oxygen atoms in total. The Morgan fingerprint density at radius 2 is 2.00 bits per heavy atom. The van der Waals surface area contributed by atoms with Gasteiger partial charge in [-0.15, -0.1) is 6.58 Å². The Morgan fingerprint density at radius 3 is 2.59 bits per heavy atom. The molecule has 0 saturated carbocycles. The van der Waals surface area contributed by atoms with E-state index in [1.807, 2.05) is 6.08 Å². The van der Waals surface area contributed by atoms with Gasteiger partial charge in [0.2, 0.25) is 0 Å². The molecule has 1 N–H and O–H groups in total. The summed E-state index contributed by atoms with van der Waals surface area (Å²) in [6, 6.07) is 4.28. The normalized spacial score (nSPS) is 28.9. The van der Waals surface area contributed by atoms with E-state index in [0.717, 1.165) is 12.0 Å². The molecule has 0 spiro atoms. The summed E-state index contributed by atoms with van der Waals surface area (Å²) in [4.78, 5) is 0. The molecule has 3 unspecified atom stereocenters. The van der Waals surface area contributed by atoms with Gasteiger partial charge in [-0.25, -0.2) is 0 Å². The van der Waals surface area contributed by atoms with E-state index in [1.54, 1.807) is 0 Å². The van der Waals surface area contributed by atoms with Gasteiger partial charge in [0.25, 0.3) is 0 Å². The summed E-state index contributed by atoms with van der Waals surface area (Å²) >= 11 is 0. The van der Waals surface area contributed by atoms with Gasteiger partial charge in [-0.1, -0.05) is 32.1 Å². The predicted molar refractivity (Wildman–Crippen MR) is 72.0 cm³/mol. The second-order valence-corrected chi connectivity index (χ2v) is 5.51. The van der Waals surface area contributed by atoms with Crippen LogP contribution in [0.3, 0.4) is 0 Å². The molecule has 1 aromatic carbocycles. The quantitative estimate of drug-likeness (QED) is 0.771. The zero-order chi connectivity index (χ0) is 12.8. The molecule has 0 radical (unpaired) electrons. The summed E-state index contributed by atoms with van der Waals surface area (Å²) in [5.41, 5.74) is 4.24. The van der Waals surface area contributed by atoms with Crippen LogP contribution >= 0.6 is 0 Å². The summed E-state index contributed by atoms with van der Waals surface area (Å²) in [6.07, 6.45) is 2.84. The Kier molecular flexibility index (Phi) is 2.90. The van der Waals surface area contributed by atoms with Gasteiger partial charge in [0.05, 0.1) is 5.60 Å². The van der Waals surface area contributed by atoms with Gasteiger partial charge in [-0.2, -0.15) is 0 Å². The second kappa shape index (κ2) is 3.99. The number of hydrogen-bond acceptors (Lipinski definition) is 1. The van der Waals surface area contributed by atoms with Crippen molar-refractivity contribution in [3.8, 4) is 0 Å². The van der Waals surface area contributed by atoms with Crippen LogP contribution in [0.4, 0.5) is 0 Å². The van der Waals surface area contributed by atoms with Crippen LogP contribution in [0.25, 0.3) is 0 Å². The van der Waals surface area contributed by atoms with E-state index in [1.165, 1.54) is 16.7 Å². The largest absolute Gasteiger partial charge is 0.384 e. The fraction of sp³-hybridized carbons (Fsp3) is 0.500. The van der Waals surface area contributed by atoms with Crippen LogP contribution < -0.4 is 0 Å². The molecule has 1 heteroatoms. The Hall–Kier alpha value is -1.08. The Balaban J connectivity index is 2.69. The van der Waals surface area contributed by atoms with E-state index in [-0.39, 0.29) is 11.8 Å². The lowest BCUT2D eigenvalue weighted by atomic mass is 9.76. The molecule has 0 amide bonds. The highest BCUT2D eigenvalue weighted by molar-refractivity contribution is 5.48. The van der Waals surface area contributed by atoms with Gasteiger partial charge in [0.15, 0.2) is 0 Å². The monoisotopic (exact) mass is 230 g/mol. The minimum absolute atomic E-state index is 0.0826. The predicted octanol–water partition coefficient (Wildman–Crippen LogP) is 3.51. The minimum atomic E-state index is -0.743. The summed E-state index contributed by atoms with van der Waals surface area (Å²) in [7, 11) is 0. The van der Waals surface area contributed by atoms with Gasteiger partial charge in [-0.3, -0.25) is 0 Å². The van der Waals surface area contributed by atoms with E-state index < -0.39 is 5.60 Å². The fourth-order valence-corrected chi connectivity index (χ4v) is 3.25. The van der Waals surface area contributed by atoms with Crippen molar-refractivity contribution in [2.24, 2.45) is 11.8 Å². The molecule has 0 fully saturated rings. The number of aryl methyl sites for hydroxylation is 2. The lowest BCUT2D eigenvalue weighted by Gasteiger charge is -2.34. The smallest absolute Gasteiger partial charge is 0.0989 e. The highest BCUT2D eigenvalue weighted by Crippen LogP contribution is 2.48. The van der Waals surface area contributed by atoms with Crippen molar-refractivity contribution in [1.29, 1.82) is 0 Å². The molecule has 1 aromatic rings. The Bertz CT molecular complexity index is 461. The first kappa shape index (κ1) is 12.4. The minimum Gasteiger partial charge on any atom is -0.384 e. The highest BCUT2D eigenvalue weighted by Gasteiger charge is 2.47. The number of hydrogen-bond donors (Lipinski definition) is 1. The van der Waals surface area contributed by atoms with Crippen LogP contribution in [0.1, 0.15) is 36.1 Å². The molecular weight excluding hydrogens is 208 g/mol. The van der Waals surface area contributed by atoms with Gasteiger partial charge in [0.1, 0.15) is 0 Å². The van der Waals surface area contributed by atoms with Gasteiger partial charge in [0, 0.05) is 5.92 Å². The third-order valence-corrected chi connectivity index (χ3v) is 4.47. The molecule has 92 valence electrons. The summed E-state index contributed by atoms with van der Waals surface area (Å²) < 4.78 is 0. The van der Waals surface area contributed by atoms with Crippen molar-refractivity contribution >= 4 is 0 Å². The standard InChI is InChI=1S/C16H22O/c1-6-12(4)16(17)13(5)9-14-10(2)7-8-11(3)15(14)16/h6-8,12-13,17H,1,9H2,2-5H3. The average Bonchev–Trinajstić information content (AvgIpc) is 2.58. The molecule has 1 aliphatic rings. The second-order valence-electron chi connectivity index (χ2n) is 5.51. The molecule has 0 aliphatic heterocycles. The number of benzene rings is 1.